The van der Waals surface area contributed by atoms with Gasteiger partial charge in [-0.25, -0.2) is 19.4 Å². The lowest BCUT2D eigenvalue weighted by Crippen LogP contribution is -2.35. The molecule has 2 aromatic heterocycles. The van der Waals surface area contributed by atoms with Gasteiger partial charge in [0.25, 0.3) is 0 Å². The summed E-state index contributed by atoms with van der Waals surface area (Å²) in [6, 6.07) is 18.3. The molecule has 4 aromatic rings. The van der Waals surface area contributed by atoms with Crippen LogP contribution in [-0.4, -0.2) is 57.0 Å². The van der Waals surface area contributed by atoms with E-state index in [4.69, 9.17) is 20.3 Å². The third-order valence-corrected chi connectivity index (χ3v) is 6.38. The quantitative estimate of drug-likeness (QED) is 0.303. The molecule has 1 saturated heterocycles. The Morgan fingerprint density at radius 1 is 1.02 bits per heavy atom. The number of carbonyl (C=O) groups excluding carboxylic acids is 1. The second kappa shape index (κ2) is 11.7. The van der Waals surface area contributed by atoms with Gasteiger partial charge in [-0.15, -0.1) is 0 Å². The number of urea groups is 1. The fourth-order valence-corrected chi connectivity index (χ4v) is 4.25. The summed E-state index contributed by atoms with van der Waals surface area (Å²) < 4.78 is 13.0. The summed E-state index contributed by atoms with van der Waals surface area (Å²) in [6.45, 7) is 10.4. The summed E-state index contributed by atoms with van der Waals surface area (Å²) in [4.78, 5) is 23.3. The Balaban J connectivity index is 1.30. The first kappa shape index (κ1) is 27.1. The zero-order valence-electron chi connectivity index (χ0n) is 22.9. The highest BCUT2D eigenvalue weighted by Gasteiger charge is 2.22. The number of ether oxygens (including phenoxy) is 2. The first-order chi connectivity index (χ1) is 19.2. The van der Waals surface area contributed by atoms with Crippen molar-refractivity contribution < 1.29 is 14.3 Å². The number of carbonyl (C=O) groups is 1. The van der Waals surface area contributed by atoms with Crippen LogP contribution >= 0.6 is 0 Å². The van der Waals surface area contributed by atoms with Crippen molar-refractivity contribution in [3.8, 4) is 17.3 Å². The highest BCUT2D eigenvalue weighted by Crippen LogP contribution is 2.27. The van der Waals surface area contributed by atoms with E-state index in [1.165, 1.54) is 18.0 Å². The van der Waals surface area contributed by atoms with Crippen LogP contribution in [0.1, 0.15) is 32.0 Å². The predicted molar refractivity (Wildman–Crippen MR) is 154 cm³/mol. The molecule has 0 aliphatic carbocycles. The molecule has 0 unspecified atom stereocenters. The molecule has 0 bridgehead atoms. The van der Waals surface area contributed by atoms with Gasteiger partial charge >= 0.3 is 6.03 Å². The SMILES string of the molecule is CC(C)(C)c1cc(NC(=O)Nc2ccc(Oc3cc(N)ncn3)cc2)n(-c2cccc(CN3CCOCC3)c2)n1. The van der Waals surface area contributed by atoms with Gasteiger partial charge in [0, 0.05) is 42.9 Å². The molecule has 1 fully saturated rings. The molecule has 11 nitrogen and oxygen atoms in total. The standard InChI is InChI=1S/C29H34N8O3/c1-29(2,3)24-16-26(37(35-24)22-6-4-5-20(15-22)18-36-11-13-39-14-12-36)34-28(38)33-21-7-9-23(10-8-21)40-27-17-25(30)31-19-32-27/h4-10,15-17,19H,11-14,18H2,1-3H3,(H2,30,31,32)(H2,33,34,38). The number of nitrogens with one attached hydrogen (secondary N) is 2. The number of amides is 2. The van der Waals surface area contributed by atoms with Crippen LogP contribution in [0.3, 0.4) is 0 Å². The van der Waals surface area contributed by atoms with Crippen molar-refractivity contribution in [1.29, 1.82) is 0 Å². The molecule has 0 saturated carbocycles. The minimum Gasteiger partial charge on any atom is -0.439 e. The predicted octanol–water partition coefficient (Wildman–Crippen LogP) is 4.81. The van der Waals surface area contributed by atoms with Crippen molar-refractivity contribution in [1.82, 2.24) is 24.6 Å². The van der Waals surface area contributed by atoms with Crippen molar-refractivity contribution in [3.63, 3.8) is 0 Å². The van der Waals surface area contributed by atoms with Crippen LogP contribution < -0.4 is 21.1 Å². The van der Waals surface area contributed by atoms with Gasteiger partial charge in [-0.05, 0) is 42.0 Å². The lowest BCUT2D eigenvalue weighted by Gasteiger charge is -2.26. The third-order valence-electron chi connectivity index (χ3n) is 6.38. The monoisotopic (exact) mass is 542 g/mol. The molecular weight excluding hydrogens is 508 g/mol. The fraction of sp³-hybridized carbons (Fsp3) is 0.310. The van der Waals surface area contributed by atoms with E-state index in [1.54, 1.807) is 28.9 Å². The largest absolute Gasteiger partial charge is 0.439 e. The van der Waals surface area contributed by atoms with E-state index in [0.29, 0.717) is 29.0 Å². The minimum absolute atomic E-state index is 0.201. The number of nitrogens with two attached hydrogens (primary N) is 1. The molecule has 4 N–H and O–H groups in total. The number of hydrogen-bond donors (Lipinski definition) is 3. The van der Waals surface area contributed by atoms with E-state index < -0.39 is 0 Å². The normalized spacial score (nSPS) is 14.1. The summed E-state index contributed by atoms with van der Waals surface area (Å²) in [7, 11) is 0. The zero-order valence-corrected chi connectivity index (χ0v) is 22.9. The summed E-state index contributed by atoms with van der Waals surface area (Å²) in [5.74, 6) is 1.78. The second-order valence-corrected chi connectivity index (χ2v) is 10.6. The van der Waals surface area contributed by atoms with Crippen molar-refractivity contribution in [2.24, 2.45) is 0 Å². The van der Waals surface area contributed by atoms with Crippen molar-refractivity contribution in [2.75, 3.05) is 42.7 Å². The van der Waals surface area contributed by atoms with Gasteiger partial charge in [-0.3, -0.25) is 10.2 Å². The van der Waals surface area contributed by atoms with Crippen LogP contribution in [0.25, 0.3) is 5.69 Å². The average molecular weight is 543 g/mol. The Morgan fingerprint density at radius 2 is 1.80 bits per heavy atom. The summed E-state index contributed by atoms with van der Waals surface area (Å²) in [5, 5.41) is 10.7. The number of benzene rings is 2. The molecule has 40 heavy (non-hydrogen) atoms. The molecule has 0 radical (unpaired) electrons. The number of anilines is 3. The molecule has 11 heteroatoms. The molecule has 1 aliphatic rings. The minimum atomic E-state index is -0.386. The van der Waals surface area contributed by atoms with E-state index >= 15 is 0 Å². The maximum atomic E-state index is 13.0. The Hall–Kier alpha value is -4.48. The number of rotatable bonds is 7. The molecule has 3 heterocycles. The lowest BCUT2D eigenvalue weighted by atomic mass is 9.92. The molecule has 0 atom stereocenters. The first-order valence-electron chi connectivity index (χ1n) is 13.2. The Labute approximate surface area is 233 Å². The Kier molecular flexibility index (Phi) is 7.94. The lowest BCUT2D eigenvalue weighted by molar-refractivity contribution is 0.0342. The number of nitrogen functional groups attached to an aromatic ring is 1. The summed E-state index contributed by atoms with van der Waals surface area (Å²) in [5.41, 5.74) is 9.00. The van der Waals surface area contributed by atoms with Crippen LogP contribution in [0.2, 0.25) is 0 Å². The third kappa shape index (κ3) is 6.93. The average Bonchev–Trinajstić information content (AvgIpc) is 3.35. The highest BCUT2D eigenvalue weighted by atomic mass is 16.5. The molecule has 1 aliphatic heterocycles. The van der Waals surface area contributed by atoms with Crippen LogP contribution in [-0.2, 0) is 16.7 Å². The molecule has 5 rings (SSSR count). The topological polar surface area (TPSA) is 132 Å². The number of morpholine rings is 1. The molecule has 208 valence electrons. The van der Waals surface area contributed by atoms with Gasteiger partial charge in [-0.1, -0.05) is 32.9 Å². The van der Waals surface area contributed by atoms with E-state index in [0.717, 1.165) is 44.2 Å². The van der Waals surface area contributed by atoms with Gasteiger partial charge in [0.2, 0.25) is 5.88 Å². The molecular formula is C29H34N8O3. The van der Waals surface area contributed by atoms with Gasteiger partial charge in [-0.2, -0.15) is 5.10 Å². The van der Waals surface area contributed by atoms with Crippen LogP contribution in [0, 0.1) is 0 Å². The molecule has 2 aromatic carbocycles. The van der Waals surface area contributed by atoms with Gasteiger partial charge in [0.15, 0.2) is 0 Å². The van der Waals surface area contributed by atoms with Gasteiger partial charge in [0.05, 0.1) is 24.6 Å². The Morgan fingerprint density at radius 3 is 2.52 bits per heavy atom. The Bertz CT molecular complexity index is 1460. The first-order valence-corrected chi connectivity index (χ1v) is 13.2. The van der Waals surface area contributed by atoms with Crippen LogP contribution in [0.15, 0.2) is 67.0 Å². The van der Waals surface area contributed by atoms with E-state index in [-0.39, 0.29) is 11.4 Å². The van der Waals surface area contributed by atoms with Gasteiger partial charge in [0.1, 0.15) is 23.7 Å². The second-order valence-electron chi connectivity index (χ2n) is 10.6. The molecule has 0 spiro atoms. The molecule has 2 amide bonds. The summed E-state index contributed by atoms with van der Waals surface area (Å²) >= 11 is 0. The van der Waals surface area contributed by atoms with Gasteiger partial charge < -0.3 is 20.5 Å². The highest BCUT2D eigenvalue weighted by molar-refractivity contribution is 5.99. The van der Waals surface area contributed by atoms with Crippen LogP contribution in [0.4, 0.5) is 22.1 Å². The smallest absolute Gasteiger partial charge is 0.324 e. The number of hydrogen-bond acceptors (Lipinski definition) is 8. The van der Waals surface area contributed by atoms with E-state index in [2.05, 4.69) is 58.4 Å². The zero-order chi connectivity index (χ0) is 28.1. The van der Waals surface area contributed by atoms with E-state index in [1.807, 2.05) is 18.2 Å². The fourth-order valence-electron chi connectivity index (χ4n) is 4.25. The van der Waals surface area contributed by atoms with Crippen molar-refractivity contribution in [3.05, 3.63) is 78.2 Å². The summed E-state index contributed by atoms with van der Waals surface area (Å²) in [6.07, 6.45) is 1.33. The van der Waals surface area contributed by atoms with Crippen molar-refractivity contribution in [2.45, 2.75) is 32.7 Å². The number of aromatic nitrogens is 4. The van der Waals surface area contributed by atoms with Crippen LogP contribution in [0.5, 0.6) is 11.6 Å². The van der Waals surface area contributed by atoms with Crippen molar-refractivity contribution >= 4 is 23.4 Å². The number of nitrogens with zero attached hydrogens (tertiary/aromatic N) is 5. The maximum absolute atomic E-state index is 13.0. The van der Waals surface area contributed by atoms with E-state index in [9.17, 15) is 4.79 Å². The maximum Gasteiger partial charge on any atom is 0.324 e.